The molecule has 0 spiro atoms. The molecule has 4 aromatic rings. The molecular weight excluding hydrogens is 418 g/mol. The number of benzene rings is 1. The Morgan fingerprint density at radius 2 is 1.97 bits per heavy atom. The van der Waals surface area contributed by atoms with E-state index in [-0.39, 0.29) is 17.1 Å². The molecule has 0 aliphatic heterocycles. The third kappa shape index (κ3) is 3.89. The van der Waals surface area contributed by atoms with Gasteiger partial charge in [0.15, 0.2) is 5.65 Å². The van der Waals surface area contributed by atoms with Crippen LogP contribution < -0.4 is 5.32 Å². The molecule has 3 heterocycles. The van der Waals surface area contributed by atoms with Gasteiger partial charge in [-0.15, -0.1) is 20.4 Å². The Hall–Kier alpha value is -2.59. The van der Waals surface area contributed by atoms with Crippen molar-refractivity contribution in [3.05, 3.63) is 29.3 Å². The maximum Gasteiger partial charge on any atom is 0.239 e. The number of aromatic nitrogens is 6. The number of nitrogens with one attached hydrogen (secondary N) is 1. The summed E-state index contributed by atoms with van der Waals surface area (Å²) in [5, 5.41) is 22.4. The van der Waals surface area contributed by atoms with Crippen molar-refractivity contribution in [2.45, 2.75) is 57.0 Å². The standard InChI is InChI=1S/C20H23N7OS2/c1-5-14(17(28)22-20-26-24-18(30-20)11(3)4)29-19-21-16-15(23-25-19)12-9-7-8-10-13(12)27(16)6-2/h7-11,14H,5-6H2,1-4H3,(H,22,26,28)/t14-/m0/s1. The normalized spacial score (nSPS) is 12.7. The highest BCUT2D eigenvalue weighted by molar-refractivity contribution is 8.00. The lowest BCUT2D eigenvalue weighted by Gasteiger charge is -2.12. The molecule has 0 saturated heterocycles. The molecule has 4 rings (SSSR count). The Kier molecular flexibility index (Phi) is 5.96. The first kappa shape index (κ1) is 20.7. The third-order valence-corrected chi connectivity index (χ3v) is 7.10. The summed E-state index contributed by atoms with van der Waals surface area (Å²) < 4.78 is 2.12. The number of para-hydroxylation sites is 1. The van der Waals surface area contributed by atoms with Gasteiger partial charge in [-0.25, -0.2) is 4.98 Å². The second kappa shape index (κ2) is 8.65. The van der Waals surface area contributed by atoms with Gasteiger partial charge in [-0.05, 0) is 19.4 Å². The van der Waals surface area contributed by atoms with E-state index in [9.17, 15) is 4.79 Å². The molecule has 10 heteroatoms. The molecule has 1 amide bonds. The second-order valence-electron chi connectivity index (χ2n) is 7.13. The molecule has 1 aromatic carbocycles. The minimum absolute atomic E-state index is 0.131. The number of carbonyl (C=O) groups is 1. The molecule has 1 atom stereocenters. The Labute approximate surface area is 182 Å². The van der Waals surface area contributed by atoms with Crippen LogP contribution in [0.3, 0.4) is 0 Å². The summed E-state index contributed by atoms with van der Waals surface area (Å²) in [6, 6.07) is 8.08. The summed E-state index contributed by atoms with van der Waals surface area (Å²) >= 11 is 2.72. The number of carbonyl (C=O) groups excluding carboxylic acids is 1. The van der Waals surface area contributed by atoms with Gasteiger partial charge in [0.2, 0.25) is 16.2 Å². The highest BCUT2D eigenvalue weighted by atomic mass is 32.2. The summed E-state index contributed by atoms with van der Waals surface area (Å²) in [5.41, 5.74) is 2.66. The maximum atomic E-state index is 12.8. The van der Waals surface area contributed by atoms with Gasteiger partial charge in [0, 0.05) is 17.8 Å². The number of hydrogen-bond acceptors (Lipinski definition) is 8. The van der Waals surface area contributed by atoms with Gasteiger partial charge in [-0.1, -0.05) is 62.1 Å². The first-order valence-electron chi connectivity index (χ1n) is 9.94. The molecule has 30 heavy (non-hydrogen) atoms. The molecule has 0 radical (unpaired) electrons. The second-order valence-corrected chi connectivity index (χ2v) is 9.31. The monoisotopic (exact) mass is 441 g/mol. The fraction of sp³-hybridized carbons (Fsp3) is 0.400. The van der Waals surface area contributed by atoms with Crippen LogP contribution in [-0.4, -0.2) is 41.1 Å². The van der Waals surface area contributed by atoms with Crippen LogP contribution in [0.2, 0.25) is 0 Å². The molecule has 0 aliphatic rings. The Morgan fingerprint density at radius 3 is 2.67 bits per heavy atom. The van der Waals surface area contributed by atoms with Crippen LogP contribution >= 0.6 is 23.1 Å². The number of nitrogens with zero attached hydrogens (tertiary/aromatic N) is 6. The quantitative estimate of drug-likeness (QED) is 0.422. The van der Waals surface area contributed by atoms with Crippen LogP contribution in [0, 0.1) is 0 Å². The number of thioether (sulfide) groups is 1. The van der Waals surface area contributed by atoms with E-state index in [4.69, 9.17) is 4.98 Å². The minimum atomic E-state index is -0.352. The first-order chi connectivity index (χ1) is 14.5. The van der Waals surface area contributed by atoms with E-state index in [2.05, 4.69) is 43.3 Å². The summed E-state index contributed by atoms with van der Waals surface area (Å²) in [4.78, 5) is 17.5. The molecule has 0 bridgehead atoms. The van der Waals surface area contributed by atoms with E-state index < -0.39 is 0 Å². The summed E-state index contributed by atoms with van der Waals surface area (Å²) in [6.45, 7) is 8.92. The number of fused-ring (bicyclic) bond motifs is 3. The van der Waals surface area contributed by atoms with Gasteiger partial charge in [-0.3, -0.25) is 10.1 Å². The number of amides is 1. The molecule has 0 saturated carbocycles. The lowest BCUT2D eigenvalue weighted by molar-refractivity contribution is -0.115. The van der Waals surface area contributed by atoms with Crippen molar-refractivity contribution in [2.24, 2.45) is 0 Å². The van der Waals surface area contributed by atoms with Crippen molar-refractivity contribution in [1.29, 1.82) is 0 Å². The van der Waals surface area contributed by atoms with Crippen molar-refractivity contribution in [1.82, 2.24) is 29.9 Å². The fourth-order valence-corrected chi connectivity index (χ4v) is 4.78. The van der Waals surface area contributed by atoms with Crippen molar-refractivity contribution < 1.29 is 4.79 Å². The molecule has 0 unspecified atom stereocenters. The van der Waals surface area contributed by atoms with Gasteiger partial charge < -0.3 is 4.57 Å². The zero-order valence-corrected chi connectivity index (χ0v) is 18.9. The number of aryl methyl sites for hydroxylation is 1. The highest BCUT2D eigenvalue weighted by Gasteiger charge is 2.23. The van der Waals surface area contributed by atoms with Crippen LogP contribution in [0.1, 0.15) is 45.0 Å². The van der Waals surface area contributed by atoms with Gasteiger partial charge in [0.1, 0.15) is 10.5 Å². The summed E-state index contributed by atoms with van der Waals surface area (Å²) in [7, 11) is 0. The van der Waals surface area contributed by atoms with E-state index in [1.54, 1.807) is 0 Å². The molecule has 0 fully saturated rings. The van der Waals surface area contributed by atoms with Crippen LogP contribution in [0.5, 0.6) is 0 Å². The van der Waals surface area contributed by atoms with E-state index in [1.165, 1.54) is 23.1 Å². The SMILES string of the molecule is CC[C@H](Sc1nnc2c3ccccc3n(CC)c2n1)C(=O)Nc1nnc(C(C)C)s1. The minimum Gasteiger partial charge on any atom is -0.324 e. The Morgan fingerprint density at radius 1 is 1.17 bits per heavy atom. The fourth-order valence-electron chi connectivity index (χ4n) is 3.21. The van der Waals surface area contributed by atoms with Gasteiger partial charge in [0.05, 0.1) is 10.8 Å². The Bertz CT molecular complexity index is 1200. The third-order valence-electron chi connectivity index (χ3n) is 4.75. The largest absolute Gasteiger partial charge is 0.324 e. The van der Waals surface area contributed by atoms with Gasteiger partial charge in [0.25, 0.3) is 0 Å². The van der Waals surface area contributed by atoms with E-state index >= 15 is 0 Å². The van der Waals surface area contributed by atoms with Crippen molar-refractivity contribution in [3.63, 3.8) is 0 Å². The smallest absolute Gasteiger partial charge is 0.239 e. The van der Waals surface area contributed by atoms with Crippen molar-refractivity contribution in [2.75, 3.05) is 5.32 Å². The molecule has 0 aliphatic carbocycles. The van der Waals surface area contributed by atoms with E-state index in [0.717, 1.165) is 33.6 Å². The van der Waals surface area contributed by atoms with E-state index in [1.807, 2.05) is 39.0 Å². The lowest BCUT2D eigenvalue weighted by atomic mass is 10.2. The summed E-state index contributed by atoms with van der Waals surface area (Å²) in [6.07, 6.45) is 0.629. The predicted octanol–water partition coefficient (Wildman–Crippen LogP) is 4.48. The maximum absolute atomic E-state index is 12.8. The number of anilines is 1. The average Bonchev–Trinajstić information content (AvgIpc) is 3.34. The Balaban J connectivity index is 1.58. The molecular formula is C20H23N7OS2. The van der Waals surface area contributed by atoms with Crippen LogP contribution in [0.15, 0.2) is 29.4 Å². The van der Waals surface area contributed by atoms with Gasteiger partial charge in [-0.2, -0.15) is 0 Å². The average molecular weight is 442 g/mol. The molecule has 156 valence electrons. The molecule has 3 aromatic heterocycles. The first-order valence-corrected chi connectivity index (χ1v) is 11.6. The van der Waals surface area contributed by atoms with E-state index in [0.29, 0.717) is 16.7 Å². The number of rotatable bonds is 7. The topological polar surface area (TPSA) is 98.5 Å². The molecule has 1 N–H and O–H groups in total. The van der Waals surface area contributed by atoms with Crippen LogP contribution in [0.4, 0.5) is 5.13 Å². The lowest BCUT2D eigenvalue weighted by Crippen LogP contribution is -2.24. The zero-order valence-electron chi connectivity index (χ0n) is 17.3. The highest BCUT2D eigenvalue weighted by Crippen LogP contribution is 2.29. The van der Waals surface area contributed by atoms with Crippen molar-refractivity contribution in [3.8, 4) is 0 Å². The predicted molar refractivity (Wildman–Crippen MR) is 121 cm³/mol. The summed E-state index contributed by atoms with van der Waals surface area (Å²) in [5.74, 6) is 0.148. The van der Waals surface area contributed by atoms with Gasteiger partial charge >= 0.3 is 0 Å². The van der Waals surface area contributed by atoms with Crippen molar-refractivity contribution >= 4 is 56.2 Å². The zero-order chi connectivity index (χ0) is 21.3. The van der Waals surface area contributed by atoms with Crippen LogP contribution in [0.25, 0.3) is 22.1 Å². The number of hydrogen-bond donors (Lipinski definition) is 1. The molecule has 8 nitrogen and oxygen atoms in total. The van der Waals surface area contributed by atoms with Crippen LogP contribution in [-0.2, 0) is 11.3 Å².